The minimum Gasteiger partial charge on any atom is -0.476 e. The Hall–Kier alpha value is -2.30. The molecule has 26 heavy (non-hydrogen) atoms. The summed E-state index contributed by atoms with van der Waals surface area (Å²) in [6.07, 6.45) is 0. The Bertz CT molecular complexity index is 1040. The maximum absolute atomic E-state index is 12.2. The fourth-order valence-electron chi connectivity index (χ4n) is 3.47. The van der Waals surface area contributed by atoms with Crippen LogP contribution in [0.4, 0.5) is 0 Å². The first-order valence-electron chi connectivity index (χ1n) is 8.64. The number of fused-ring (bicyclic) bond motifs is 3. The average molecular weight is 370 g/mol. The van der Waals surface area contributed by atoms with Crippen LogP contribution < -0.4 is 10.4 Å². The van der Waals surface area contributed by atoms with Gasteiger partial charge in [0.05, 0.1) is 10.6 Å². The van der Waals surface area contributed by atoms with E-state index in [4.69, 9.17) is 20.8 Å². The Labute approximate surface area is 156 Å². The van der Waals surface area contributed by atoms with Crippen LogP contribution in [-0.4, -0.2) is 11.6 Å². The van der Waals surface area contributed by atoms with E-state index in [1.54, 1.807) is 6.92 Å². The summed E-state index contributed by atoms with van der Waals surface area (Å²) in [5, 5.41) is 1.42. The number of rotatable bonds is 2. The number of nitrogens with zero attached hydrogens (tertiary/aromatic N) is 1. The van der Waals surface area contributed by atoms with Gasteiger partial charge in [0.2, 0.25) is 0 Å². The molecular weight excluding hydrogens is 350 g/mol. The second-order valence-electron chi connectivity index (χ2n) is 6.79. The summed E-state index contributed by atoms with van der Waals surface area (Å²) in [6, 6.07) is 12.3. The Morgan fingerprint density at radius 3 is 2.62 bits per heavy atom. The summed E-state index contributed by atoms with van der Waals surface area (Å²) in [6.45, 7) is 6.87. The van der Waals surface area contributed by atoms with E-state index in [0.29, 0.717) is 35.2 Å². The zero-order valence-electron chi connectivity index (χ0n) is 15.0. The van der Waals surface area contributed by atoms with Crippen molar-refractivity contribution < 1.29 is 9.15 Å². The van der Waals surface area contributed by atoms with E-state index in [0.717, 1.165) is 16.5 Å². The molecule has 134 valence electrons. The number of benzene rings is 2. The van der Waals surface area contributed by atoms with Gasteiger partial charge in [-0.25, -0.2) is 4.79 Å². The fraction of sp³-hybridized carbons (Fsp3) is 0.286. The molecule has 4 rings (SSSR count). The van der Waals surface area contributed by atoms with E-state index in [2.05, 4.69) is 24.0 Å². The number of halogens is 1. The normalized spacial score (nSPS) is 15.5. The summed E-state index contributed by atoms with van der Waals surface area (Å²) < 4.78 is 11.6. The third-order valence-corrected chi connectivity index (χ3v) is 5.59. The van der Waals surface area contributed by atoms with Crippen molar-refractivity contribution in [1.29, 1.82) is 0 Å². The predicted octanol–water partition coefficient (Wildman–Crippen LogP) is 4.98. The first-order valence-corrected chi connectivity index (χ1v) is 9.02. The molecule has 0 saturated carbocycles. The van der Waals surface area contributed by atoms with Crippen molar-refractivity contribution in [3.63, 3.8) is 0 Å². The fourth-order valence-corrected chi connectivity index (χ4v) is 3.75. The molecule has 0 bridgehead atoms. The second kappa shape index (κ2) is 6.45. The van der Waals surface area contributed by atoms with Crippen molar-refractivity contribution in [3.05, 3.63) is 74.1 Å². The van der Waals surface area contributed by atoms with Gasteiger partial charge in [-0.15, -0.1) is 0 Å². The van der Waals surface area contributed by atoms with Gasteiger partial charge in [0, 0.05) is 23.5 Å². The molecule has 0 amide bonds. The van der Waals surface area contributed by atoms with Gasteiger partial charge in [0.15, 0.2) is 0 Å². The van der Waals surface area contributed by atoms with Crippen LogP contribution in [0.1, 0.15) is 35.2 Å². The first kappa shape index (κ1) is 17.1. The molecule has 1 unspecified atom stereocenters. The SMILES string of the molecule is Cc1c(C)c2cc(Cl)c3c(c2oc1=O)CN(C(C)c1ccccc1)CO3. The maximum atomic E-state index is 12.2. The van der Waals surface area contributed by atoms with Gasteiger partial charge < -0.3 is 9.15 Å². The highest BCUT2D eigenvalue weighted by Crippen LogP contribution is 2.41. The topological polar surface area (TPSA) is 42.7 Å². The maximum Gasteiger partial charge on any atom is 0.339 e. The van der Waals surface area contributed by atoms with Gasteiger partial charge in [-0.3, -0.25) is 4.90 Å². The van der Waals surface area contributed by atoms with Crippen LogP contribution in [0.25, 0.3) is 11.0 Å². The third-order valence-electron chi connectivity index (χ3n) is 5.31. The molecule has 0 fully saturated rings. The van der Waals surface area contributed by atoms with E-state index >= 15 is 0 Å². The highest BCUT2D eigenvalue weighted by atomic mass is 35.5. The zero-order chi connectivity index (χ0) is 18.4. The summed E-state index contributed by atoms with van der Waals surface area (Å²) in [5.74, 6) is 0.613. The van der Waals surface area contributed by atoms with Crippen LogP contribution in [0.2, 0.25) is 5.02 Å². The summed E-state index contributed by atoms with van der Waals surface area (Å²) >= 11 is 6.47. The molecule has 1 atom stereocenters. The highest BCUT2D eigenvalue weighted by Gasteiger charge is 2.28. The second-order valence-corrected chi connectivity index (χ2v) is 7.20. The molecule has 0 aliphatic carbocycles. The highest BCUT2D eigenvalue weighted by molar-refractivity contribution is 6.33. The number of hydrogen-bond donors (Lipinski definition) is 0. The Morgan fingerprint density at radius 2 is 1.88 bits per heavy atom. The minimum absolute atomic E-state index is 0.164. The van der Waals surface area contributed by atoms with E-state index in [1.165, 1.54) is 5.56 Å². The Balaban J connectivity index is 1.83. The van der Waals surface area contributed by atoms with Gasteiger partial charge in [0.1, 0.15) is 18.1 Å². The van der Waals surface area contributed by atoms with Crippen LogP contribution >= 0.6 is 11.6 Å². The van der Waals surface area contributed by atoms with Crippen LogP contribution in [-0.2, 0) is 6.54 Å². The predicted molar refractivity (Wildman–Crippen MR) is 103 cm³/mol. The van der Waals surface area contributed by atoms with E-state index < -0.39 is 0 Å². The Morgan fingerprint density at radius 1 is 1.15 bits per heavy atom. The third kappa shape index (κ3) is 2.70. The lowest BCUT2D eigenvalue weighted by atomic mass is 10.0. The summed E-state index contributed by atoms with van der Waals surface area (Å²) in [5.41, 5.74) is 3.81. The van der Waals surface area contributed by atoms with Crippen LogP contribution in [0, 0.1) is 13.8 Å². The van der Waals surface area contributed by atoms with Gasteiger partial charge in [-0.1, -0.05) is 41.9 Å². The molecule has 2 aromatic carbocycles. The Kier molecular flexibility index (Phi) is 4.25. The molecule has 4 nitrogen and oxygen atoms in total. The molecule has 5 heteroatoms. The number of hydrogen-bond acceptors (Lipinski definition) is 4. The molecule has 0 saturated heterocycles. The molecular formula is C21H20ClNO3. The van der Waals surface area contributed by atoms with Crippen molar-refractivity contribution in [3.8, 4) is 5.75 Å². The van der Waals surface area contributed by atoms with Crippen molar-refractivity contribution in [2.24, 2.45) is 0 Å². The molecule has 2 heterocycles. The van der Waals surface area contributed by atoms with Gasteiger partial charge in [-0.2, -0.15) is 0 Å². The van der Waals surface area contributed by atoms with Crippen molar-refractivity contribution in [2.45, 2.75) is 33.4 Å². The average Bonchev–Trinajstić information content (AvgIpc) is 2.67. The standard InChI is InChI=1S/C21H20ClNO3/c1-12-13(2)21(24)26-19-16(12)9-18(22)20-17(19)10-23(11-25-20)14(3)15-7-5-4-6-8-15/h4-9,14H,10-11H2,1-3H3. The van der Waals surface area contributed by atoms with Crippen molar-refractivity contribution in [2.75, 3.05) is 6.73 Å². The van der Waals surface area contributed by atoms with Gasteiger partial charge in [0.25, 0.3) is 0 Å². The van der Waals surface area contributed by atoms with E-state index in [9.17, 15) is 4.79 Å². The van der Waals surface area contributed by atoms with Crippen LogP contribution in [0.3, 0.4) is 0 Å². The molecule has 1 aliphatic heterocycles. The van der Waals surface area contributed by atoms with E-state index in [-0.39, 0.29) is 11.7 Å². The molecule has 3 aromatic rings. The molecule has 1 aromatic heterocycles. The van der Waals surface area contributed by atoms with E-state index in [1.807, 2.05) is 31.2 Å². The summed E-state index contributed by atoms with van der Waals surface area (Å²) in [7, 11) is 0. The first-order chi connectivity index (χ1) is 12.5. The molecule has 0 spiro atoms. The van der Waals surface area contributed by atoms with Crippen LogP contribution in [0.5, 0.6) is 5.75 Å². The van der Waals surface area contributed by atoms with Crippen LogP contribution in [0.15, 0.2) is 45.6 Å². The number of ether oxygens (including phenoxy) is 1. The lowest BCUT2D eigenvalue weighted by Gasteiger charge is -2.34. The summed E-state index contributed by atoms with van der Waals surface area (Å²) in [4.78, 5) is 14.4. The lowest BCUT2D eigenvalue weighted by molar-refractivity contribution is 0.0621. The monoisotopic (exact) mass is 369 g/mol. The van der Waals surface area contributed by atoms with Gasteiger partial charge in [-0.05, 0) is 38.0 Å². The molecule has 0 radical (unpaired) electrons. The van der Waals surface area contributed by atoms with Crippen molar-refractivity contribution in [1.82, 2.24) is 4.90 Å². The quantitative estimate of drug-likeness (QED) is 0.598. The van der Waals surface area contributed by atoms with Gasteiger partial charge >= 0.3 is 5.63 Å². The smallest absolute Gasteiger partial charge is 0.339 e. The van der Waals surface area contributed by atoms with Crippen molar-refractivity contribution >= 4 is 22.6 Å². The molecule has 0 N–H and O–H groups in total. The zero-order valence-corrected chi connectivity index (χ0v) is 15.8. The number of aryl methyl sites for hydroxylation is 1. The lowest BCUT2D eigenvalue weighted by Crippen LogP contribution is -2.34. The molecule has 1 aliphatic rings. The minimum atomic E-state index is -0.312. The largest absolute Gasteiger partial charge is 0.476 e.